The number of hydrogen-bond acceptors (Lipinski definition) is 4. The Morgan fingerprint density at radius 2 is 1.76 bits per heavy atom. The van der Waals surface area contributed by atoms with Gasteiger partial charge in [0.05, 0.1) is 6.04 Å². The number of carbonyl (C=O) groups excluding carboxylic acids is 1. The van der Waals surface area contributed by atoms with E-state index in [-0.39, 0.29) is 11.9 Å². The van der Waals surface area contributed by atoms with Crippen LogP contribution in [0, 0.1) is 13.8 Å². The fourth-order valence-corrected chi connectivity index (χ4v) is 3.17. The van der Waals surface area contributed by atoms with Crippen LogP contribution in [0.4, 0.5) is 0 Å². The van der Waals surface area contributed by atoms with Gasteiger partial charge in [0.1, 0.15) is 11.5 Å². The molecule has 2 heterocycles. The number of benzene rings is 1. The van der Waals surface area contributed by atoms with Gasteiger partial charge in [0.25, 0.3) is 5.91 Å². The highest BCUT2D eigenvalue weighted by atomic mass is 16.3. The third-order valence-corrected chi connectivity index (χ3v) is 4.84. The molecule has 5 nitrogen and oxygen atoms in total. The number of nitrogens with one attached hydrogen (secondary N) is 1. The van der Waals surface area contributed by atoms with Gasteiger partial charge >= 0.3 is 0 Å². The zero-order chi connectivity index (χ0) is 17.8. The molecule has 1 aliphatic rings. The molecule has 1 atom stereocenters. The van der Waals surface area contributed by atoms with Crippen LogP contribution in [0.3, 0.4) is 0 Å². The molecule has 1 saturated heterocycles. The fourth-order valence-electron chi connectivity index (χ4n) is 3.17. The zero-order valence-electron chi connectivity index (χ0n) is 15.3. The van der Waals surface area contributed by atoms with E-state index < -0.39 is 0 Å². The first-order valence-corrected chi connectivity index (χ1v) is 8.87. The molecular weight excluding hydrogens is 314 g/mol. The minimum absolute atomic E-state index is 0.0394. The Hall–Kier alpha value is -2.11. The third kappa shape index (κ3) is 4.50. The summed E-state index contributed by atoms with van der Waals surface area (Å²) in [5.41, 5.74) is 1.84. The Kier molecular flexibility index (Phi) is 5.56. The minimum atomic E-state index is -0.0394. The number of amides is 1. The highest BCUT2D eigenvalue weighted by Crippen LogP contribution is 2.23. The van der Waals surface area contributed by atoms with Crippen molar-refractivity contribution in [1.29, 1.82) is 0 Å². The van der Waals surface area contributed by atoms with Crippen LogP contribution in [-0.2, 0) is 0 Å². The molecule has 3 rings (SSSR count). The first-order valence-electron chi connectivity index (χ1n) is 8.87. The summed E-state index contributed by atoms with van der Waals surface area (Å²) in [6, 6.07) is 11.7. The van der Waals surface area contributed by atoms with Gasteiger partial charge in [-0.3, -0.25) is 9.69 Å². The van der Waals surface area contributed by atoms with E-state index in [1.807, 2.05) is 50.2 Å². The van der Waals surface area contributed by atoms with Crippen molar-refractivity contribution in [2.24, 2.45) is 0 Å². The number of aryl methyl sites for hydroxylation is 2. The van der Waals surface area contributed by atoms with E-state index in [0.29, 0.717) is 12.1 Å². The summed E-state index contributed by atoms with van der Waals surface area (Å²) in [7, 11) is 2.14. The van der Waals surface area contributed by atoms with Gasteiger partial charge in [-0.1, -0.05) is 17.7 Å². The molecule has 25 heavy (non-hydrogen) atoms. The number of likely N-dealkylation sites (N-methyl/N-ethyl adjacent to an activating group) is 1. The number of piperazine rings is 1. The predicted molar refractivity (Wildman–Crippen MR) is 98.8 cm³/mol. The van der Waals surface area contributed by atoms with Crippen molar-refractivity contribution in [3.8, 4) is 0 Å². The maximum absolute atomic E-state index is 12.5. The average Bonchev–Trinajstić information content (AvgIpc) is 3.03. The average molecular weight is 341 g/mol. The molecule has 1 unspecified atom stereocenters. The normalized spacial score (nSPS) is 17.4. The molecule has 134 valence electrons. The van der Waals surface area contributed by atoms with E-state index in [4.69, 9.17) is 4.42 Å². The molecular formula is C20H27N3O2. The summed E-state index contributed by atoms with van der Waals surface area (Å²) >= 11 is 0. The summed E-state index contributed by atoms with van der Waals surface area (Å²) in [6.45, 7) is 8.52. The molecule has 0 aliphatic carbocycles. The standard InChI is InChI=1S/C20H27N3O2/c1-15-4-7-17(8-5-15)20(24)21-14-18(19-9-6-16(2)25-19)23-12-10-22(3)11-13-23/h4-9,18H,10-14H2,1-3H3,(H,21,24). The second kappa shape index (κ2) is 7.85. The van der Waals surface area contributed by atoms with Gasteiger partial charge in [-0.05, 0) is 45.2 Å². The smallest absolute Gasteiger partial charge is 0.251 e. The lowest BCUT2D eigenvalue weighted by Gasteiger charge is -2.37. The van der Waals surface area contributed by atoms with Crippen LogP contribution in [0.5, 0.6) is 0 Å². The highest BCUT2D eigenvalue weighted by molar-refractivity contribution is 5.94. The van der Waals surface area contributed by atoms with E-state index >= 15 is 0 Å². The lowest BCUT2D eigenvalue weighted by Crippen LogP contribution is -2.48. The van der Waals surface area contributed by atoms with Gasteiger partial charge in [0, 0.05) is 38.3 Å². The molecule has 1 aromatic carbocycles. The number of furan rings is 1. The van der Waals surface area contributed by atoms with Crippen LogP contribution < -0.4 is 5.32 Å². The topological polar surface area (TPSA) is 48.7 Å². The van der Waals surface area contributed by atoms with E-state index in [1.165, 1.54) is 0 Å². The number of nitrogens with zero attached hydrogens (tertiary/aromatic N) is 2. The van der Waals surface area contributed by atoms with Crippen LogP contribution in [0.15, 0.2) is 40.8 Å². The maximum atomic E-state index is 12.5. The van der Waals surface area contributed by atoms with Crippen LogP contribution in [0.25, 0.3) is 0 Å². The van der Waals surface area contributed by atoms with Gasteiger partial charge in [-0.25, -0.2) is 0 Å². The summed E-state index contributed by atoms with van der Waals surface area (Å²) in [5, 5.41) is 3.08. The largest absolute Gasteiger partial charge is 0.465 e. The van der Waals surface area contributed by atoms with Crippen molar-refractivity contribution < 1.29 is 9.21 Å². The highest BCUT2D eigenvalue weighted by Gasteiger charge is 2.26. The minimum Gasteiger partial charge on any atom is -0.465 e. The molecule has 5 heteroatoms. The SMILES string of the molecule is Cc1ccc(C(=O)NCC(c2ccc(C)o2)N2CCN(C)CC2)cc1. The molecule has 2 aromatic rings. The van der Waals surface area contributed by atoms with E-state index in [1.54, 1.807) is 0 Å². The molecule has 1 N–H and O–H groups in total. The van der Waals surface area contributed by atoms with E-state index in [2.05, 4.69) is 22.2 Å². The summed E-state index contributed by atoms with van der Waals surface area (Å²) in [6.07, 6.45) is 0. The fraction of sp³-hybridized carbons (Fsp3) is 0.450. The van der Waals surface area contributed by atoms with Gasteiger partial charge in [0.2, 0.25) is 0 Å². The molecule has 1 aromatic heterocycles. The van der Waals surface area contributed by atoms with Crippen LogP contribution >= 0.6 is 0 Å². The second-order valence-corrected chi connectivity index (χ2v) is 6.88. The third-order valence-electron chi connectivity index (χ3n) is 4.84. The van der Waals surface area contributed by atoms with E-state index in [0.717, 1.165) is 43.3 Å². The Morgan fingerprint density at radius 1 is 1.08 bits per heavy atom. The van der Waals surface area contributed by atoms with Gasteiger partial charge in [0.15, 0.2) is 0 Å². The Morgan fingerprint density at radius 3 is 2.36 bits per heavy atom. The van der Waals surface area contributed by atoms with Gasteiger partial charge in [-0.2, -0.15) is 0 Å². The number of rotatable bonds is 5. The predicted octanol–water partition coefficient (Wildman–Crippen LogP) is 2.61. The quantitative estimate of drug-likeness (QED) is 0.908. The van der Waals surface area contributed by atoms with Crippen LogP contribution in [0.2, 0.25) is 0 Å². The first-order chi connectivity index (χ1) is 12.0. The van der Waals surface area contributed by atoms with Crippen LogP contribution in [0.1, 0.15) is 33.5 Å². The monoisotopic (exact) mass is 341 g/mol. The summed E-state index contributed by atoms with van der Waals surface area (Å²) in [4.78, 5) is 17.2. The van der Waals surface area contributed by atoms with Gasteiger partial charge < -0.3 is 14.6 Å². The molecule has 0 saturated carbocycles. The maximum Gasteiger partial charge on any atom is 0.251 e. The Labute approximate surface area is 149 Å². The van der Waals surface area contributed by atoms with Crippen molar-refractivity contribution in [2.75, 3.05) is 39.8 Å². The lowest BCUT2D eigenvalue weighted by molar-refractivity contribution is 0.0849. The Bertz CT molecular complexity index is 700. The lowest BCUT2D eigenvalue weighted by atomic mass is 10.1. The molecule has 1 amide bonds. The van der Waals surface area contributed by atoms with Crippen molar-refractivity contribution in [2.45, 2.75) is 19.9 Å². The molecule has 1 aliphatic heterocycles. The molecule has 0 spiro atoms. The van der Waals surface area contributed by atoms with Crippen molar-refractivity contribution in [3.63, 3.8) is 0 Å². The van der Waals surface area contributed by atoms with Crippen molar-refractivity contribution in [1.82, 2.24) is 15.1 Å². The van der Waals surface area contributed by atoms with Crippen LogP contribution in [-0.4, -0.2) is 55.5 Å². The van der Waals surface area contributed by atoms with E-state index in [9.17, 15) is 4.79 Å². The molecule has 0 radical (unpaired) electrons. The van der Waals surface area contributed by atoms with Gasteiger partial charge in [-0.15, -0.1) is 0 Å². The van der Waals surface area contributed by atoms with Crippen molar-refractivity contribution in [3.05, 3.63) is 59.0 Å². The first kappa shape index (κ1) is 17.7. The number of hydrogen-bond donors (Lipinski definition) is 1. The molecule has 0 bridgehead atoms. The molecule has 1 fully saturated rings. The zero-order valence-corrected chi connectivity index (χ0v) is 15.3. The van der Waals surface area contributed by atoms with Crippen molar-refractivity contribution >= 4 is 5.91 Å². The summed E-state index contributed by atoms with van der Waals surface area (Å²) in [5.74, 6) is 1.78. The summed E-state index contributed by atoms with van der Waals surface area (Å²) < 4.78 is 5.87. The number of carbonyl (C=O) groups is 1. The Balaban J connectivity index is 1.69. The second-order valence-electron chi connectivity index (χ2n) is 6.88.